The zero-order valence-corrected chi connectivity index (χ0v) is 21.0. The number of esters is 1. The van der Waals surface area contributed by atoms with Gasteiger partial charge in [-0.05, 0) is 53.7 Å². The highest BCUT2D eigenvalue weighted by Gasteiger charge is 2.39. The summed E-state index contributed by atoms with van der Waals surface area (Å²) in [5.41, 5.74) is 0.737. The van der Waals surface area contributed by atoms with Crippen molar-refractivity contribution in [3.8, 4) is 17.2 Å². The molecule has 186 valence electrons. The monoisotopic (exact) mass is 528 g/mol. The van der Waals surface area contributed by atoms with Crippen molar-refractivity contribution in [2.24, 2.45) is 10.1 Å². The molecule has 0 aliphatic carbocycles. The highest BCUT2D eigenvalue weighted by atomic mass is 32.3. The van der Waals surface area contributed by atoms with Crippen molar-refractivity contribution >= 4 is 54.9 Å². The van der Waals surface area contributed by atoms with Crippen molar-refractivity contribution in [1.29, 1.82) is 5.41 Å². The maximum atomic E-state index is 12.5. The Bertz CT molecular complexity index is 1460. The first-order chi connectivity index (χ1) is 17.2. The second kappa shape index (κ2) is 9.95. The number of nitrogens with zero attached hydrogens (tertiary/aromatic N) is 3. The lowest BCUT2D eigenvalue weighted by Crippen LogP contribution is -2.35. The van der Waals surface area contributed by atoms with Crippen molar-refractivity contribution in [3.63, 3.8) is 0 Å². The summed E-state index contributed by atoms with van der Waals surface area (Å²) >= 11 is 0.738. The van der Waals surface area contributed by atoms with Gasteiger partial charge in [-0.1, -0.05) is 19.1 Å². The molecule has 36 heavy (non-hydrogen) atoms. The molecule has 0 fully saturated rings. The first-order valence-corrected chi connectivity index (χ1v) is 12.9. The highest BCUT2D eigenvalue weighted by molar-refractivity contribution is 8.42. The molecule has 0 radical (unpaired) electrons. The number of carbonyl (C=O) groups is 2. The van der Waals surface area contributed by atoms with Crippen LogP contribution >= 0.6 is 11.8 Å². The number of aliphatic imine (C=N–C) groups is 1. The summed E-state index contributed by atoms with van der Waals surface area (Å²) in [5.74, 6) is -0.609. The summed E-state index contributed by atoms with van der Waals surface area (Å²) in [6.45, 7) is 1.48. The van der Waals surface area contributed by atoms with Crippen LogP contribution in [0.4, 0.5) is 0 Å². The number of amides is 1. The van der Waals surface area contributed by atoms with Crippen molar-refractivity contribution in [2.75, 3.05) is 20.0 Å². The van der Waals surface area contributed by atoms with Gasteiger partial charge in [0.1, 0.15) is 5.75 Å². The molecule has 0 unspecified atom stereocenters. The van der Waals surface area contributed by atoms with E-state index < -0.39 is 21.7 Å². The van der Waals surface area contributed by atoms with Crippen LogP contribution in [-0.2, 0) is 14.6 Å². The van der Waals surface area contributed by atoms with Gasteiger partial charge in [0.25, 0.3) is 5.91 Å². The van der Waals surface area contributed by atoms with Gasteiger partial charge < -0.3 is 14.2 Å². The highest BCUT2D eigenvalue weighted by Crippen LogP contribution is 2.31. The van der Waals surface area contributed by atoms with E-state index in [0.717, 1.165) is 16.8 Å². The van der Waals surface area contributed by atoms with Gasteiger partial charge in [0.2, 0.25) is 19.4 Å². The maximum Gasteiger partial charge on any atom is 0.343 e. The molecule has 2 aliphatic heterocycles. The van der Waals surface area contributed by atoms with Gasteiger partial charge in [0.05, 0.1) is 31.1 Å². The van der Waals surface area contributed by atoms with Crippen LogP contribution in [0.1, 0.15) is 22.8 Å². The first-order valence-electron chi connectivity index (χ1n) is 10.4. The molecule has 0 aromatic heterocycles. The third-order valence-electron chi connectivity index (χ3n) is 5.10. The molecule has 2 aromatic rings. The fourth-order valence-corrected chi connectivity index (χ4v) is 5.32. The van der Waals surface area contributed by atoms with E-state index in [2.05, 4.69) is 10.1 Å². The fraction of sp³-hybridized carbons (Fsp3) is 0.174. The summed E-state index contributed by atoms with van der Waals surface area (Å²) in [6.07, 6.45) is 1.43. The number of ether oxygens (including phenoxy) is 3. The largest absolute Gasteiger partial charge is 0.493 e. The minimum absolute atomic E-state index is 0.0200. The average Bonchev–Trinajstić information content (AvgIpc) is 3.32. The molecular formula is C23H20N4O7S2. The molecule has 13 heteroatoms. The van der Waals surface area contributed by atoms with Gasteiger partial charge in [0.15, 0.2) is 17.3 Å². The summed E-state index contributed by atoms with van der Waals surface area (Å²) < 4.78 is 39.8. The first kappa shape index (κ1) is 25.1. The molecule has 1 amide bonds. The molecule has 2 aromatic carbocycles. The Labute approximate surface area is 210 Å². The van der Waals surface area contributed by atoms with Crippen LogP contribution in [0.25, 0.3) is 6.08 Å². The Balaban J connectivity index is 1.51. The lowest BCUT2D eigenvalue weighted by Gasteiger charge is -2.20. The minimum atomic E-state index is -3.61. The standard InChI is InChI=1S/C23H20N4O7S2/c1-4-36(30,31)23-26-27-19(24)16(20(28)25-22(27)35-23)11-13-5-8-15(9-6-13)34-21(29)14-7-10-17(32-2)18(12-14)33-3/h5-12,24H,4H2,1-3H3/b16-11-,24-19?. The number of methoxy groups -OCH3 is 2. The second-order valence-corrected chi connectivity index (χ2v) is 10.7. The van der Waals surface area contributed by atoms with Crippen molar-refractivity contribution < 1.29 is 32.2 Å². The van der Waals surface area contributed by atoms with Crippen LogP contribution in [-0.4, -0.2) is 60.7 Å². The lowest BCUT2D eigenvalue weighted by atomic mass is 10.1. The van der Waals surface area contributed by atoms with Crippen LogP contribution in [0.2, 0.25) is 0 Å². The summed E-state index contributed by atoms with van der Waals surface area (Å²) in [7, 11) is -0.653. The van der Waals surface area contributed by atoms with Crippen molar-refractivity contribution in [1.82, 2.24) is 5.01 Å². The zero-order chi connectivity index (χ0) is 26.0. The number of fused-ring (bicyclic) bond motifs is 1. The summed E-state index contributed by atoms with van der Waals surface area (Å²) in [6, 6.07) is 10.9. The molecular weight excluding hydrogens is 508 g/mol. The van der Waals surface area contributed by atoms with Crippen LogP contribution in [0, 0.1) is 5.41 Å². The molecule has 2 heterocycles. The molecule has 0 saturated heterocycles. The van der Waals surface area contributed by atoms with Crippen LogP contribution in [0.5, 0.6) is 17.2 Å². The number of hydrogen-bond donors (Lipinski definition) is 1. The Hall–Kier alpha value is -3.97. The van der Waals surface area contributed by atoms with Crippen LogP contribution in [0.3, 0.4) is 0 Å². The zero-order valence-electron chi connectivity index (χ0n) is 19.3. The Morgan fingerprint density at radius 3 is 2.44 bits per heavy atom. The van der Waals surface area contributed by atoms with E-state index in [1.54, 1.807) is 24.3 Å². The smallest absolute Gasteiger partial charge is 0.343 e. The fourth-order valence-electron chi connectivity index (χ4n) is 3.15. The number of thioether (sulfide) groups is 1. The topological polar surface area (TPSA) is 148 Å². The number of nitrogens with one attached hydrogen (secondary N) is 1. The van der Waals surface area contributed by atoms with E-state index in [9.17, 15) is 18.0 Å². The normalized spacial score (nSPS) is 16.4. The molecule has 0 atom stereocenters. The molecule has 0 bridgehead atoms. The molecule has 0 saturated carbocycles. The van der Waals surface area contributed by atoms with E-state index in [1.807, 2.05) is 0 Å². The maximum absolute atomic E-state index is 12.5. The van der Waals surface area contributed by atoms with Crippen molar-refractivity contribution in [3.05, 3.63) is 59.2 Å². The number of benzene rings is 2. The molecule has 2 aliphatic rings. The SMILES string of the molecule is CCS(=O)(=O)C1=NN2C(=N)/C(=C/c3ccc(OC(=O)c4ccc(OC)c(OC)c4)cc3)C(=O)N=C2S1. The number of sulfone groups is 1. The molecule has 4 rings (SSSR count). The molecule has 11 nitrogen and oxygen atoms in total. The minimum Gasteiger partial charge on any atom is -0.493 e. The van der Waals surface area contributed by atoms with Gasteiger partial charge >= 0.3 is 5.97 Å². The van der Waals surface area contributed by atoms with Crippen molar-refractivity contribution in [2.45, 2.75) is 6.92 Å². The third-order valence-corrected chi connectivity index (χ3v) is 8.19. The number of hydrazone groups is 1. The van der Waals surface area contributed by atoms with E-state index in [0.29, 0.717) is 17.1 Å². The number of rotatable bonds is 6. The van der Waals surface area contributed by atoms with E-state index in [-0.39, 0.29) is 38.0 Å². The number of hydrogen-bond acceptors (Lipinski definition) is 10. The van der Waals surface area contributed by atoms with Gasteiger partial charge in [-0.3, -0.25) is 10.2 Å². The second-order valence-electron chi connectivity index (χ2n) is 7.32. The number of carbonyl (C=O) groups excluding carboxylic acids is 2. The van der Waals surface area contributed by atoms with E-state index in [4.69, 9.17) is 19.6 Å². The summed E-state index contributed by atoms with van der Waals surface area (Å²) in [5, 5.41) is 13.4. The van der Waals surface area contributed by atoms with Gasteiger partial charge in [-0.2, -0.15) is 10.0 Å². The number of amidine groups is 2. The molecule has 1 N–H and O–H groups in total. The van der Waals surface area contributed by atoms with E-state index >= 15 is 0 Å². The summed E-state index contributed by atoms with van der Waals surface area (Å²) in [4.78, 5) is 28.9. The molecule has 0 spiro atoms. The predicted octanol–water partition coefficient (Wildman–Crippen LogP) is 2.93. The lowest BCUT2D eigenvalue weighted by molar-refractivity contribution is -0.114. The Kier molecular flexibility index (Phi) is 6.95. The average molecular weight is 529 g/mol. The van der Waals surface area contributed by atoms with Crippen LogP contribution in [0.15, 0.2) is 58.1 Å². The Morgan fingerprint density at radius 1 is 1.11 bits per heavy atom. The van der Waals surface area contributed by atoms with Gasteiger partial charge in [0, 0.05) is 0 Å². The Morgan fingerprint density at radius 2 is 1.81 bits per heavy atom. The van der Waals surface area contributed by atoms with Gasteiger partial charge in [-0.15, -0.1) is 5.10 Å². The predicted molar refractivity (Wildman–Crippen MR) is 135 cm³/mol. The van der Waals surface area contributed by atoms with Crippen LogP contribution < -0.4 is 14.2 Å². The van der Waals surface area contributed by atoms with E-state index in [1.165, 1.54) is 45.4 Å². The van der Waals surface area contributed by atoms with Gasteiger partial charge in [-0.25, -0.2) is 13.2 Å². The third kappa shape index (κ3) is 4.88. The quantitative estimate of drug-likeness (QED) is 0.339.